The van der Waals surface area contributed by atoms with Gasteiger partial charge in [0.2, 0.25) is 5.95 Å². The highest BCUT2D eigenvalue weighted by molar-refractivity contribution is 5.85. The normalized spacial score (nSPS) is 11.6. The van der Waals surface area contributed by atoms with Crippen molar-refractivity contribution in [2.75, 3.05) is 11.1 Å². The highest BCUT2D eigenvalue weighted by Crippen LogP contribution is 2.35. The summed E-state index contributed by atoms with van der Waals surface area (Å²) in [6.45, 7) is 3.89. The monoisotopic (exact) mass is 426 g/mol. The predicted molar refractivity (Wildman–Crippen MR) is 115 cm³/mol. The SMILES string of the molecule is Cc1cn(-c2nc(N)nc(Nc3cnccn3)c2C(C)c2ccc(F)cc2)cn1.Cl. The number of rotatable bonds is 5. The Hall–Kier alpha value is -3.59. The fraction of sp³-hybridized carbons (Fsp3) is 0.150. The number of nitrogens with zero attached hydrogens (tertiary/aromatic N) is 6. The first-order chi connectivity index (χ1) is 14.0. The topological polar surface area (TPSA) is 107 Å². The first-order valence-electron chi connectivity index (χ1n) is 8.98. The number of hydrogen-bond acceptors (Lipinski definition) is 7. The van der Waals surface area contributed by atoms with E-state index in [4.69, 9.17) is 5.73 Å². The molecule has 154 valence electrons. The summed E-state index contributed by atoms with van der Waals surface area (Å²) < 4.78 is 15.2. The third-order valence-corrected chi connectivity index (χ3v) is 4.51. The number of aryl methyl sites for hydroxylation is 1. The Labute approximate surface area is 178 Å². The minimum absolute atomic E-state index is 0. The number of imidazole rings is 1. The van der Waals surface area contributed by atoms with Crippen LogP contribution >= 0.6 is 12.4 Å². The van der Waals surface area contributed by atoms with Crippen molar-refractivity contribution in [2.45, 2.75) is 19.8 Å². The lowest BCUT2D eigenvalue weighted by Gasteiger charge is -2.20. The van der Waals surface area contributed by atoms with Crippen LogP contribution in [0.4, 0.5) is 22.0 Å². The summed E-state index contributed by atoms with van der Waals surface area (Å²) in [6.07, 6.45) is 8.28. The second-order valence-corrected chi connectivity index (χ2v) is 6.58. The van der Waals surface area contributed by atoms with Gasteiger partial charge in [0.25, 0.3) is 0 Å². The molecule has 0 amide bonds. The van der Waals surface area contributed by atoms with Crippen molar-refractivity contribution in [3.8, 4) is 5.82 Å². The van der Waals surface area contributed by atoms with Gasteiger partial charge in [-0.25, -0.2) is 14.4 Å². The van der Waals surface area contributed by atoms with E-state index in [0.717, 1.165) is 16.8 Å². The molecule has 3 N–H and O–H groups in total. The minimum atomic E-state index is -0.294. The molecule has 1 aromatic carbocycles. The zero-order valence-corrected chi connectivity index (χ0v) is 17.1. The van der Waals surface area contributed by atoms with Gasteiger partial charge in [-0.2, -0.15) is 9.97 Å². The Bertz CT molecular complexity index is 1130. The average molecular weight is 427 g/mol. The van der Waals surface area contributed by atoms with Gasteiger partial charge in [-0.3, -0.25) is 9.55 Å². The van der Waals surface area contributed by atoms with Crippen LogP contribution < -0.4 is 11.1 Å². The largest absolute Gasteiger partial charge is 0.368 e. The third kappa shape index (κ3) is 4.36. The molecule has 0 saturated heterocycles. The second kappa shape index (κ2) is 8.83. The van der Waals surface area contributed by atoms with Gasteiger partial charge in [0.05, 0.1) is 11.9 Å². The molecule has 0 saturated carbocycles. The summed E-state index contributed by atoms with van der Waals surface area (Å²) >= 11 is 0. The Morgan fingerprint density at radius 3 is 2.50 bits per heavy atom. The van der Waals surface area contributed by atoms with Crippen molar-refractivity contribution in [1.82, 2.24) is 29.5 Å². The van der Waals surface area contributed by atoms with E-state index in [9.17, 15) is 4.39 Å². The lowest BCUT2D eigenvalue weighted by atomic mass is 9.93. The smallest absolute Gasteiger partial charge is 0.224 e. The van der Waals surface area contributed by atoms with Gasteiger partial charge in [-0.1, -0.05) is 19.1 Å². The summed E-state index contributed by atoms with van der Waals surface area (Å²) in [4.78, 5) is 21.5. The van der Waals surface area contributed by atoms with Crippen LogP contribution in [0, 0.1) is 12.7 Å². The van der Waals surface area contributed by atoms with Crippen LogP contribution in [0.5, 0.6) is 0 Å². The molecular formula is C20H20ClFN8. The lowest BCUT2D eigenvalue weighted by molar-refractivity contribution is 0.626. The van der Waals surface area contributed by atoms with E-state index in [-0.39, 0.29) is 30.1 Å². The molecule has 3 heterocycles. The molecule has 0 fully saturated rings. The average Bonchev–Trinajstić information content (AvgIpc) is 3.15. The number of halogens is 2. The molecule has 0 spiro atoms. The molecule has 8 nitrogen and oxygen atoms in total. The molecule has 1 unspecified atom stereocenters. The van der Waals surface area contributed by atoms with E-state index in [2.05, 4.69) is 30.2 Å². The first kappa shape index (κ1) is 21.1. The van der Waals surface area contributed by atoms with E-state index < -0.39 is 0 Å². The molecule has 0 aliphatic rings. The van der Waals surface area contributed by atoms with Crippen molar-refractivity contribution in [1.29, 1.82) is 0 Å². The maximum atomic E-state index is 13.4. The molecule has 10 heteroatoms. The molecule has 0 bridgehead atoms. The molecular weight excluding hydrogens is 407 g/mol. The zero-order chi connectivity index (χ0) is 20.4. The van der Waals surface area contributed by atoms with Crippen molar-refractivity contribution in [3.63, 3.8) is 0 Å². The number of anilines is 3. The van der Waals surface area contributed by atoms with Crippen LogP contribution in [0.1, 0.15) is 29.7 Å². The molecule has 4 rings (SSSR count). The number of nitrogen functional groups attached to an aromatic ring is 1. The number of nitrogens with two attached hydrogens (primary N) is 1. The summed E-state index contributed by atoms with van der Waals surface area (Å²) in [7, 11) is 0. The quantitative estimate of drug-likeness (QED) is 0.499. The number of aromatic nitrogens is 6. The van der Waals surface area contributed by atoms with Crippen LogP contribution in [-0.2, 0) is 0 Å². The highest BCUT2D eigenvalue weighted by Gasteiger charge is 2.23. The van der Waals surface area contributed by atoms with Gasteiger partial charge >= 0.3 is 0 Å². The van der Waals surface area contributed by atoms with Gasteiger partial charge in [0.1, 0.15) is 29.6 Å². The number of nitrogens with one attached hydrogen (secondary N) is 1. The molecule has 0 aliphatic carbocycles. The van der Waals surface area contributed by atoms with Crippen LogP contribution in [0.3, 0.4) is 0 Å². The van der Waals surface area contributed by atoms with E-state index in [0.29, 0.717) is 17.5 Å². The van der Waals surface area contributed by atoms with Crippen molar-refractivity contribution in [3.05, 3.63) is 78.0 Å². The van der Waals surface area contributed by atoms with Crippen molar-refractivity contribution >= 4 is 30.0 Å². The fourth-order valence-corrected chi connectivity index (χ4v) is 3.11. The molecule has 0 radical (unpaired) electrons. The molecule has 4 aromatic rings. The van der Waals surface area contributed by atoms with E-state index >= 15 is 0 Å². The molecule has 0 aliphatic heterocycles. The van der Waals surface area contributed by atoms with Gasteiger partial charge < -0.3 is 11.1 Å². The Morgan fingerprint density at radius 2 is 1.87 bits per heavy atom. The van der Waals surface area contributed by atoms with Crippen LogP contribution in [-0.4, -0.2) is 29.5 Å². The van der Waals surface area contributed by atoms with Crippen molar-refractivity contribution in [2.24, 2.45) is 0 Å². The van der Waals surface area contributed by atoms with E-state index in [1.807, 2.05) is 20.0 Å². The molecule has 3 aromatic heterocycles. The Balaban J connectivity index is 0.00000256. The fourth-order valence-electron chi connectivity index (χ4n) is 3.11. The molecule has 1 atom stereocenters. The first-order valence-corrected chi connectivity index (χ1v) is 8.98. The summed E-state index contributed by atoms with van der Waals surface area (Å²) in [5, 5.41) is 3.18. The van der Waals surface area contributed by atoms with Crippen molar-refractivity contribution < 1.29 is 4.39 Å². The summed E-state index contributed by atoms with van der Waals surface area (Å²) in [5.41, 5.74) is 8.52. The van der Waals surface area contributed by atoms with Gasteiger partial charge in [0, 0.05) is 30.1 Å². The number of benzene rings is 1. The maximum absolute atomic E-state index is 13.4. The summed E-state index contributed by atoms with van der Waals surface area (Å²) in [6, 6.07) is 6.35. The van der Waals surface area contributed by atoms with Crippen LogP contribution in [0.15, 0.2) is 55.4 Å². The third-order valence-electron chi connectivity index (χ3n) is 4.51. The highest BCUT2D eigenvalue weighted by atomic mass is 35.5. The van der Waals surface area contributed by atoms with E-state index in [1.54, 1.807) is 41.6 Å². The van der Waals surface area contributed by atoms with Gasteiger partial charge in [-0.15, -0.1) is 12.4 Å². The van der Waals surface area contributed by atoms with Crippen LogP contribution in [0.25, 0.3) is 5.82 Å². The van der Waals surface area contributed by atoms with Gasteiger partial charge in [-0.05, 0) is 24.6 Å². The zero-order valence-electron chi connectivity index (χ0n) is 16.3. The maximum Gasteiger partial charge on any atom is 0.224 e. The van der Waals surface area contributed by atoms with Gasteiger partial charge in [0.15, 0.2) is 0 Å². The molecule has 30 heavy (non-hydrogen) atoms. The standard InChI is InChI=1S/C20H19FN8.ClH/c1-12-10-29(11-25-12)19-17(13(2)14-3-5-15(21)6-4-14)18(27-20(22)28-19)26-16-9-23-7-8-24-16;/h3-11,13H,1-2H3,(H3,22,24,26,27,28);1H. The Kier molecular flexibility index (Phi) is 6.22. The lowest BCUT2D eigenvalue weighted by Crippen LogP contribution is -2.13. The second-order valence-electron chi connectivity index (χ2n) is 6.58. The predicted octanol–water partition coefficient (Wildman–Crippen LogP) is 3.80. The summed E-state index contributed by atoms with van der Waals surface area (Å²) in [5.74, 6) is 1.24. The van der Waals surface area contributed by atoms with Crippen LogP contribution in [0.2, 0.25) is 0 Å². The Morgan fingerprint density at radius 1 is 1.10 bits per heavy atom. The number of hydrogen-bond donors (Lipinski definition) is 2. The van der Waals surface area contributed by atoms with E-state index in [1.165, 1.54) is 12.1 Å². The minimum Gasteiger partial charge on any atom is -0.368 e.